The van der Waals surface area contributed by atoms with Gasteiger partial charge >= 0.3 is 0 Å². The van der Waals surface area contributed by atoms with Gasteiger partial charge in [0, 0.05) is 12.6 Å². The molecule has 0 aliphatic heterocycles. The number of hydrogen-bond donors (Lipinski definition) is 1. The minimum Gasteiger partial charge on any atom is -0.374 e. The van der Waals surface area contributed by atoms with Gasteiger partial charge in [-0.3, -0.25) is 0 Å². The summed E-state index contributed by atoms with van der Waals surface area (Å²) in [6.07, 6.45) is 7.43. The van der Waals surface area contributed by atoms with Crippen LogP contribution in [0.15, 0.2) is 0 Å². The van der Waals surface area contributed by atoms with Gasteiger partial charge in [0.05, 0.1) is 5.60 Å². The minimum atomic E-state index is 0.0923. The van der Waals surface area contributed by atoms with E-state index in [1.165, 1.54) is 38.5 Å². The molecule has 0 aromatic rings. The molecule has 1 saturated carbocycles. The molecule has 1 N–H and O–H groups in total. The standard InChI is InChI=1S/C15H31NO/c1-6-8-13(16-5)15(17-7-2)11-9-14(3,4)10-12-15/h13,16H,6-12H2,1-5H3. The van der Waals surface area contributed by atoms with Gasteiger partial charge in [0.1, 0.15) is 0 Å². The van der Waals surface area contributed by atoms with Crippen molar-refractivity contribution < 1.29 is 4.74 Å². The monoisotopic (exact) mass is 241 g/mol. The fourth-order valence-corrected chi connectivity index (χ4v) is 3.19. The Labute approximate surface area is 108 Å². The first-order valence-corrected chi connectivity index (χ1v) is 7.31. The predicted octanol–water partition coefficient (Wildman–Crippen LogP) is 3.75. The summed E-state index contributed by atoms with van der Waals surface area (Å²) < 4.78 is 6.21. The van der Waals surface area contributed by atoms with Crippen LogP contribution >= 0.6 is 0 Å². The van der Waals surface area contributed by atoms with E-state index in [1.54, 1.807) is 0 Å². The molecule has 1 rings (SSSR count). The quantitative estimate of drug-likeness (QED) is 0.764. The largest absolute Gasteiger partial charge is 0.374 e. The second-order valence-corrected chi connectivity index (χ2v) is 6.29. The zero-order valence-corrected chi connectivity index (χ0v) is 12.4. The van der Waals surface area contributed by atoms with Crippen molar-refractivity contribution >= 4 is 0 Å². The van der Waals surface area contributed by atoms with Crippen LogP contribution < -0.4 is 5.32 Å². The summed E-state index contributed by atoms with van der Waals surface area (Å²) in [6, 6.07) is 0.517. The Morgan fingerprint density at radius 2 is 1.71 bits per heavy atom. The van der Waals surface area contributed by atoms with Crippen molar-refractivity contribution in [3.8, 4) is 0 Å². The molecule has 0 saturated heterocycles. The van der Waals surface area contributed by atoms with Crippen molar-refractivity contribution in [2.24, 2.45) is 5.41 Å². The van der Waals surface area contributed by atoms with E-state index < -0.39 is 0 Å². The van der Waals surface area contributed by atoms with E-state index in [-0.39, 0.29) is 5.60 Å². The number of hydrogen-bond acceptors (Lipinski definition) is 2. The van der Waals surface area contributed by atoms with Crippen LogP contribution in [0.5, 0.6) is 0 Å². The fourth-order valence-electron chi connectivity index (χ4n) is 3.19. The normalized spacial score (nSPS) is 24.5. The van der Waals surface area contributed by atoms with Crippen LogP contribution in [0.4, 0.5) is 0 Å². The Hall–Kier alpha value is -0.0800. The van der Waals surface area contributed by atoms with Crippen LogP contribution in [0.1, 0.15) is 66.2 Å². The first-order valence-electron chi connectivity index (χ1n) is 7.31. The third-order valence-corrected chi connectivity index (χ3v) is 4.44. The number of likely N-dealkylation sites (N-methyl/N-ethyl adjacent to an activating group) is 1. The van der Waals surface area contributed by atoms with E-state index in [0.717, 1.165) is 6.61 Å². The molecule has 1 atom stereocenters. The number of nitrogens with one attached hydrogen (secondary N) is 1. The summed E-state index contributed by atoms with van der Waals surface area (Å²) in [6.45, 7) is 9.99. The third-order valence-electron chi connectivity index (χ3n) is 4.44. The summed E-state index contributed by atoms with van der Waals surface area (Å²) in [7, 11) is 2.08. The van der Waals surface area contributed by atoms with Crippen molar-refractivity contribution in [2.45, 2.75) is 77.9 Å². The van der Waals surface area contributed by atoms with Crippen LogP contribution in [0, 0.1) is 5.41 Å². The van der Waals surface area contributed by atoms with Gasteiger partial charge < -0.3 is 10.1 Å². The Bertz CT molecular complexity index is 215. The highest BCUT2D eigenvalue weighted by atomic mass is 16.5. The highest BCUT2D eigenvalue weighted by molar-refractivity contribution is 4.98. The Balaban J connectivity index is 2.75. The maximum absolute atomic E-state index is 6.21. The number of ether oxygens (including phenoxy) is 1. The van der Waals surface area contributed by atoms with Crippen LogP contribution in [0.3, 0.4) is 0 Å². The molecule has 0 heterocycles. The average Bonchev–Trinajstić information content (AvgIpc) is 2.30. The van der Waals surface area contributed by atoms with Crippen molar-refractivity contribution in [1.29, 1.82) is 0 Å². The van der Waals surface area contributed by atoms with Gasteiger partial charge in [0.2, 0.25) is 0 Å². The average molecular weight is 241 g/mol. The lowest BCUT2D eigenvalue weighted by atomic mass is 9.68. The summed E-state index contributed by atoms with van der Waals surface area (Å²) in [5.74, 6) is 0. The Morgan fingerprint density at radius 1 is 1.12 bits per heavy atom. The minimum absolute atomic E-state index is 0.0923. The van der Waals surface area contributed by atoms with Crippen LogP contribution in [0.25, 0.3) is 0 Å². The van der Waals surface area contributed by atoms with Crippen LogP contribution in [-0.4, -0.2) is 25.3 Å². The van der Waals surface area contributed by atoms with Gasteiger partial charge in [-0.15, -0.1) is 0 Å². The summed E-state index contributed by atoms with van der Waals surface area (Å²) in [5.41, 5.74) is 0.597. The molecule has 2 nitrogen and oxygen atoms in total. The molecule has 0 aromatic heterocycles. The Kier molecular flexibility index (Phi) is 5.46. The molecule has 0 aromatic carbocycles. The van der Waals surface area contributed by atoms with Gasteiger partial charge in [0.25, 0.3) is 0 Å². The van der Waals surface area contributed by atoms with Crippen molar-refractivity contribution in [3.63, 3.8) is 0 Å². The van der Waals surface area contributed by atoms with Crippen molar-refractivity contribution in [2.75, 3.05) is 13.7 Å². The molecule has 0 bridgehead atoms. The van der Waals surface area contributed by atoms with Gasteiger partial charge in [-0.1, -0.05) is 27.2 Å². The highest BCUT2D eigenvalue weighted by Crippen LogP contribution is 2.44. The molecule has 1 aliphatic carbocycles. The smallest absolute Gasteiger partial charge is 0.0834 e. The van der Waals surface area contributed by atoms with Crippen molar-refractivity contribution in [1.82, 2.24) is 5.32 Å². The molecule has 1 aliphatic rings. The van der Waals surface area contributed by atoms with E-state index in [9.17, 15) is 0 Å². The zero-order chi connectivity index (χ0) is 12.9. The Morgan fingerprint density at radius 3 is 2.12 bits per heavy atom. The molecule has 0 radical (unpaired) electrons. The summed E-state index contributed by atoms with van der Waals surface area (Å²) in [4.78, 5) is 0. The van der Waals surface area contributed by atoms with Gasteiger partial charge in [0.15, 0.2) is 0 Å². The lowest BCUT2D eigenvalue weighted by Gasteiger charge is -2.47. The van der Waals surface area contributed by atoms with E-state index in [1.807, 2.05) is 0 Å². The molecule has 1 fully saturated rings. The highest BCUT2D eigenvalue weighted by Gasteiger charge is 2.43. The first kappa shape index (κ1) is 15.0. The summed E-state index contributed by atoms with van der Waals surface area (Å²) in [5, 5.41) is 3.50. The molecule has 0 spiro atoms. The van der Waals surface area contributed by atoms with E-state index in [4.69, 9.17) is 4.74 Å². The molecule has 17 heavy (non-hydrogen) atoms. The van der Waals surface area contributed by atoms with E-state index >= 15 is 0 Å². The zero-order valence-electron chi connectivity index (χ0n) is 12.4. The number of rotatable bonds is 6. The second-order valence-electron chi connectivity index (χ2n) is 6.29. The summed E-state index contributed by atoms with van der Waals surface area (Å²) >= 11 is 0. The van der Waals surface area contributed by atoms with Crippen molar-refractivity contribution in [3.05, 3.63) is 0 Å². The van der Waals surface area contributed by atoms with Crippen LogP contribution in [-0.2, 0) is 4.74 Å². The topological polar surface area (TPSA) is 21.3 Å². The molecule has 0 amide bonds. The lowest BCUT2D eigenvalue weighted by molar-refractivity contribution is -0.106. The fraction of sp³-hybridized carbons (Fsp3) is 1.00. The van der Waals surface area contributed by atoms with Crippen LogP contribution in [0.2, 0.25) is 0 Å². The molecule has 2 heteroatoms. The second kappa shape index (κ2) is 6.19. The van der Waals surface area contributed by atoms with Gasteiger partial charge in [-0.2, -0.15) is 0 Å². The van der Waals surface area contributed by atoms with Gasteiger partial charge in [-0.25, -0.2) is 0 Å². The molecule has 1 unspecified atom stereocenters. The lowest BCUT2D eigenvalue weighted by Crippen LogP contribution is -2.54. The molecule has 102 valence electrons. The molecular formula is C15H31NO. The first-order chi connectivity index (χ1) is 7.99. The van der Waals surface area contributed by atoms with E-state index in [2.05, 4.69) is 40.1 Å². The van der Waals surface area contributed by atoms with E-state index in [0.29, 0.717) is 11.5 Å². The third kappa shape index (κ3) is 3.69. The maximum atomic E-state index is 6.21. The predicted molar refractivity (Wildman–Crippen MR) is 74.4 cm³/mol. The van der Waals surface area contributed by atoms with Gasteiger partial charge in [-0.05, 0) is 51.5 Å². The maximum Gasteiger partial charge on any atom is 0.0834 e. The molecular weight excluding hydrogens is 210 g/mol. The SMILES string of the molecule is CCCC(NC)C1(OCC)CCC(C)(C)CC1.